The average Bonchev–Trinajstić information content (AvgIpc) is 2.23. The van der Waals surface area contributed by atoms with Crippen molar-refractivity contribution >= 4 is 5.91 Å². The summed E-state index contributed by atoms with van der Waals surface area (Å²) in [5.41, 5.74) is 1.25. The van der Waals surface area contributed by atoms with Crippen LogP contribution in [0.4, 0.5) is 4.39 Å². The Morgan fingerprint density at radius 3 is 2.65 bits per heavy atom. The Kier molecular flexibility index (Phi) is 3.18. The van der Waals surface area contributed by atoms with E-state index >= 15 is 0 Å². The van der Waals surface area contributed by atoms with E-state index in [1.165, 1.54) is 18.6 Å². The summed E-state index contributed by atoms with van der Waals surface area (Å²) < 4.78 is 13.0. The molecule has 1 aliphatic carbocycles. The summed E-state index contributed by atoms with van der Waals surface area (Å²) in [5.74, 6) is -0.378. The minimum Gasteiger partial charge on any atom is -0.347 e. The van der Waals surface area contributed by atoms with E-state index in [2.05, 4.69) is 12.2 Å². The number of nitrogens with one attached hydrogen (secondary N) is 1. The SMILES string of the molecule is CCC1(NC(=O)c2ccc(F)cc2C)CCC1. The second-order valence-electron chi connectivity index (χ2n) is 4.90. The Labute approximate surface area is 101 Å². The number of aryl methyl sites for hydroxylation is 1. The first-order valence-electron chi connectivity index (χ1n) is 6.15. The van der Waals surface area contributed by atoms with Gasteiger partial charge in [0.1, 0.15) is 5.82 Å². The maximum absolute atomic E-state index is 13.0. The zero-order chi connectivity index (χ0) is 12.5. The van der Waals surface area contributed by atoms with Crippen LogP contribution in [0.15, 0.2) is 18.2 Å². The predicted octanol–water partition coefficient (Wildman–Crippen LogP) is 3.20. The van der Waals surface area contributed by atoms with Gasteiger partial charge in [-0.25, -0.2) is 4.39 Å². The molecule has 1 amide bonds. The summed E-state index contributed by atoms with van der Waals surface area (Å²) in [6.07, 6.45) is 4.24. The number of benzene rings is 1. The van der Waals surface area contributed by atoms with Crippen LogP contribution in [0.2, 0.25) is 0 Å². The lowest BCUT2D eigenvalue weighted by molar-refractivity contribution is 0.0820. The van der Waals surface area contributed by atoms with Gasteiger partial charge >= 0.3 is 0 Å². The van der Waals surface area contributed by atoms with E-state index in [0.717, 1.165) is 19.3 Å². The predicted molar refractivity (Wildman–Crippen MR) is 65.5 cm³/mol. The number of rotatable bonds is 3. The van der Waals surface area contributed by atoms with E-state index in [-0.39, 0.29) is 17.3 Å². The van der Waals surface area contributed by atoms with Crippen LogP contribution in [0.3, 0.4) is 0 Å². The maximum Gasteiger partial charge on any atom is 0.251 e. The largest absolute Gasteiger partial charge is 0.347 e. The van der Waals surface area contributed by atoms with Gasteiger partial charge in [0.25, 0.3) is 5.91 Å². The van der Waals surface area contributed by atoms with Crippen molar-refractivity contribution in [3.63, 3.8) is 0 Å². The summed E-state index contributed by atoms with van der Waals surface area (Å²) in [4.78, 5) is 12.1. The molecule has 1 saturated carbocycles. The van der Waals surface area contributed by atoms with Crippen molar-refractivity contribution in [3.05, 3.63) is 35.1 Å². The molecule has 2 rings (SSSR count). The normalized spacial score (nSPS) is 17.4. The summed E-state index contributed by atoms with van der Waals surface area (Å²) in [5, 5.41) is 3.09. The molecule has 0 aromatic heterocycles. The molecule has 0 spiro atoms. The van der Waals surface area contributed by atoms with Gasteiger partial charge in [0.2, 0.25) is 0 Å². The third kappa shape index (κ3) is 2.33. The smallest absolute Gasteiger partial charge is 0.251 e. The van der Waals surface area contributed by atoms with Gasteiger partial charge in [-0.2, -0.15) is 0 Å². The number of amides is 1. The van der Waals surface area contributed by atoms with E-state index in [0.29, 0.717) is 11.1 Å². The van der Waals surface area contributed by atoms with Crippen LogP contribution in [0.1, 0.15) is 48.5 Å². The first-order chi connectivity index (χ1) is 8.06. The highest BCUT2D eigenvalue weighted by atomic mass is 19.1. The van der Waals surface area contributed by atoms with E-state index in [4.69, 9.17) is 0 Å². The van der Waals surface area contributed by atoms with Crippen LogP contribution >= 0.6 is 0 Å². The molecule has 1 N–H and O–H groups in total. The standard InChI is InChI=1S/C14H18FNO/c1-3-14(7-4-8-14)16-13(17)12-6-5-11(15)9-10(12)2/h5-6,9H,3-4,7-8H2,1-2H3,(H,16,17). The number of hydrogen-bond donors (Lipinski definition) is 1. The highest BCUT2D eigenvalue weighted by Gasteiger charge is 2.36. The van der Waals surface area contributed by atoms with Crippen molar-refractivity contribution in [2.45, 2.75) is 45.1 Å². The van der Waals surface area contributed by atoms with Crippen molar-refractivity contribution in [1.82, 2.24) is 5.32 Å². The second-order valence-corrected chi connectivity index (χ2v) is 4.90. The lowest BCUT2D eigenvalue weighted by atomic mass is 9.74. The van der Waals surface area contributed by atoms with Crippen molar-refractivity contribution in [2.75, 3.05) is 0 Å². The van der Waals surface area contributed by atoms with Crippen LogP contribution in [-0.4, -0.2) is 11.4 Å². The second kappa shape index (κ2) is 4.47. The number of carbonyl (C=O) groups excluding carboxylic acids is 1. The minimum atomic E-state index is -0.298. The molecule has 1 aromatic carbocycles. The quantitative estimate of drug-likeness (QED) is 0.856. The fourth-order valence-electron chi connectivity index (χ4n) is 2.36. The molecule has 1 aromatic rings. The molecule has 17 heavy (non-hydrogen) atoms. The number of halogens is 1. The van der Waals surface area contributed by atoms with Crippen LogP contribution in [0.5, 0.6) is 0 Å². The molecule has 2 nitrogen and oxygen atoms in total. The zero-order valence-corrected chi connectivity index (χ0v) is 10.3. The molecule has 0 unspecified atom stereocenters. The van der Waals surface area contributed by atoms with E-state index < -0.39 is 0 Å². The topological polar surface area (TPSA) is 29.1 Å². The van der Waals surface area contributed by atoms with Crippen molar-refractivity contribution in [3.8, 4) is 0 Å². The molecular weight excluding hydrogens is 217 g/mol. The van der Waals surface area contributed by atoms with Crippen molar-refractivity contribution in [2.24, 2.45) is 0 Å². The summed E-state index contributed by atoms with van der Waals surface area (Å²) in [6.45, 7) is 3.86. The molecular formula is C14H18FNO. The number of carbonyl (C=O) groups is 1. The van der Waals surface area contributed by atoms with Crippen LogP contribution in [0, 0.1) is 12.7 Å². The fraction of sp³-hybridized carbons (Fsp3) is 0.500. The Hall–Kier alpha value is -1.38. The third-order valence-corrected chi connectivity index (χ3v) is 3.80. The molecule has 0 aliphatic heterocycles. The average molecular weight is 235 g/mol. The van der Waals surface area contributed by atoms with Gasteiger partial charge in [-0.3, -0.25) is 4.79 Å². The summed E-state index contributed by atoms with van der Waals surface area (Å²) in [6, 6.07) is 4.29. The van der Waals surface area contributed by atoms with Gasteiger partial charge < -0.3 is 5.32 Å². The highest BCUT2D eigenvalue weighted by Crippen LogP contribution is 2.34. The summed E-state index contributed by atoms with van der Waals surface area (Å²) >= 11 is 0. The molecule has 3 heteroatoms. The van der Waals surface area contributed by atoms with Crippen LogP contribution < -0.4 is 5.32 Å². The first kappa shape index (κ1) is 12.1. The molecule has 1 fully saturated rings. The monoisotopic (exact) mass is 235 g/mol. The van der Waals surface area contributed by atoms with Gasteiger partial charge in [0, 0.05) is 11.1 Å². The van der Waals surface area contributed by atoms with Gasteiger partial charge in [0.15, 0.2) is 0 Å². The van der Waals surface area contributed by atoms with E-state index in [9.17, 15) is 9.18 Å². The highest BCUT2D eigenvalue weighted by molar-refractivity contribution is 5.96. The third-order valence-electron chi connectivity index (χ3n) is 3.80. The maximum atomic E-state index is 13.0. The van der Waals surface area contributed by atoms with Crippen LogP contribution in [0.25, 0.3) is 0 Å². The molecule has 0 saturated heterocycles. The fourth-order valence-corrected chi connectivity index (χ4v) is 2.36. The van der Waals surface area contributed by atoms with Gasteiger partial charge in [-0.15, -0.1) is 0 Å². The molecule has 1 aliphatic rings. The Bertz CT molecular complexity index is 432. The summed E-state index contributed by atoms with van der Waals surface area (Å²) in [7, 11) is 0. The van der Waals surface area contributed by atoms with Gasteiger partial charge in [0.05, 0.1) is 0 Å². The Balaban J connectivity index is 2.14. The molecule has 92 valence electrons. The lowest BCUT2D eigenvalue weighted by Gasteiger charge is -2.42. The Morgan fingerprint density at radius 2 is 2.18 bits per heavy atom. The van der Waals surface area contributed by atoms with Crippen molar-refractivity contribution < 1.29 is 9.18 Å². The van der Waals surface area contributed by atoms with Gasteiger partial charge in [-0.1, -0.05) is 6.92 Å². The van der Waals surface area contributed by atoms with Crippen LogP contribution in [-0.2, 0) is 0 Å². The molecule has 0 heterocycles. The first-order valence-corrected chi connectivity index (χ1v) is 6.15. The van der Waals surface area contributed by atoms with Crippen molar-refractivity contribution in [1.29, 1.82) is 0 Å². The van der Waals surface area contributed by atoms with E-state index in [1.807, 2.05) is 0 Å². The van der Waals surface area contributed by atoms with Gasteiger partial charge in [-0.05, 0) is 56.4 Å². The zero-order valence-electron chi connectivity index (χ0n) is 10.3. The molecule has 0 bridgehead atoms. The molecule has 0 atom stereocenters. The minimum absolute atomic E-state index is 0.0160. The Morgan fingerprint density at radius 1 is 1.47 bits per heavy atom. The molecule has 0 radical (unpaired) electrons. The lowest BCUT2D eigenvalue weighted by Crippen LogP contribution is -2.53. The number of hydrogen-bond acceptors (Lipinski definition) is 1. The van der Waals surface area contributed by atoms with E-state index in [1.54, 1.807) is 13.0 Å².